The molecule has 19 heavy (non-hydrogen) atoms. The minimum absolute atomic E-state index is 0.485. The van der Waals surface area contributed by atoms with Crippen LogP contribution in [0.1, 0.15) is 25.7 Å². The number of nitrogens with two attached hydrogens (primary N) is 1. The minimum Gasteiger partial charge on any atom is -0.366 e. The summed E-state index contributed by atoms with van der Waals surface area (Å²) >= 11 is 3.46. The first-order valence-electron chi connectivity index (χ1n) is 6.46. The van der Waals surface area contributed by atoms with E-state index < -0.39 is 0 Å². The molecular weight excluding hydrogens is 278 g/mol. The molecule has 1 fully saturated rings. The van der Waals surface area contributed by atoms with E-state index in [2.05, 4.69) is 27.0 Å². The van der Waals surface area contributed by atoms with E-state index in [1.54, 1.807) is 0 Å². The third-order valence-electron chi connectivity index (χ3n) is 3.37. The van der Waals surface area contributed by atoms with Gasteiger partial charge < -0.3 is 10.7 Å². The highest BCUT2D eigenvalue weighted by Gasteiger charge is 2.24. The lowest BCUT2D eigenvalue weighted by atomic mass is 9.95. The third kappa shape index (κ3) is 3.90. The number of hydrogen-bond acceptors (Lipinski definition) is 7. The number of nitrogens with zero attached hydrogens (tertiary/aromatic N) is 2. The normalized spacial score (nSPS) is 23.1. The zero-order chi connectivity index (χ0) is 13.7. The van der Waals surface area contributed by atoms with E-state index in [1.807, 2.05) is 24.1 Å². The SMILES string of the molecule is CSc1nc(NN)cc(NC2CCCCC2SC)n1. The maximum absolute atomic E-state index is 5.45. The van der Waals surface area contributed by atoms with Crippen LogP contribution in [0.2, 0.25) is 0 Å². The number of nitrogens with one attached hydrogen (secondary N) is 2. The van der Waals surface area contributed by atoms with Crippen LogP contribution < -0.4 is 16.6 Å². The standard InChI is InChI=1S/C12H21N5S2/c1-18-9-6-4-3-5-8(9)14-10-7-11(17-13)16-12(15-10)19-2/h7-9H,3-6,13H2,1-2H3,(H2,14,15,16,17). The van der Waals surface area contributed by atoms with Crippen molar-refractivity contribution in [2.24, 2.45) is 5.84 Å². The lowest BCUT2D eigenvalue weighted by molar-refractivity contribution is 0.474. The smallest absolute Gasteiger partial charge is 0.191 e. The molecule has 1 aliphatic rings. The van der Waals surface area contributed by atoms with Gasteiger partial charge in [-0.05, 0) is 25.4 Å². The summed E-state index contributed by atoms with van der Waals surface area (Å²) in [6.45, 7) is 0. The molecule has 0 radical (unpaired) electrons. The number of rotatable bonds is 5. The number of thioether (sulfide) groups is 2. The first kappa shape index (κ1) is 14.7. The van der Waals surface area contributed by atoms with Gasteiger partial charge in [0.1, 0.15) is 11.6 Å². The van der Waals surface area contributed by atoms with Crippen LogP contribution in [0, 0.1) is 0 Å². The zero-order valence-electron chi connectivity index (χ0n) is 11.3. The molecule has 1 aromatic rings. The van der Waals surface area contributed by atoms with Gasteiger partial charge in [0.05, 0.1) is 0 Å². The van der Waals surface area contributed by atoms with Crippen LogP contribution >= 0.6 is 23.5 Å². The molecule has 2 rings (SSSR count). The maximum atomic E-state index is 5.45. The van der Waals surface area contributed by atoms with Gasteiger partial charge in [-0.15, -0.1) is 0 Å². The molecule has 2 atom stereocenters. The summed E-state index contributed by atoms with van der Waals surface area (Å²) in [4.78, 5) is 8.77. The van der Waals surface area contributed by atoms with E-state index in [1.165, 1.54) is 37.4 Å². The van der Waals surface area contributed by atoms with Gasteiger partial charge in [0.2, 0.25) is 0 Å². The van der Waals surface area contributed by atoms with Crippen molar-refractivity contribution < 1.29 is 0 Å². The Hall–Kier alpha value is -0.660. The Labute approximate surface area is 122 Å². The second-order valence-corrected chi connectivity index (χ2v) is 6.43. The summed E-state index contributed by atoms with van der Waals surface area (Å²) < 4.78 is 0. The van der Waals surface area contributed by atoms with Crippen LogP contribution in [0.4, 0.5) is 11.6 Å². The predicted octanol–water partition coefficient (Wildman–Crippen LogP) is 2.57. The molecule has 0 aliphatic heterocycles. The van der Waals surface area contributed by atoms with Crippen LogP contribution in [0.25, 0.3) is 0 Å². The Morgan fingerprint density at radius 1 is 1.21 bits per heavy atom. The first-order chi connectivity index (χ1) is 9.26. The van der Waals surface area contributed by atoms with Crippen LogP contribution in [0.15, 0.2) is 11.2 Å². The number of nitrogen functional groups attached to an aromatic ring is 1. The van der Waals surface area contributed by atoms with Crippen molar-refractivity contribution in [3.63, 3.8) is 0 Å². The van der Waals surface area contributed by atoms with Crippen molar-refractivity contribution in [1.29, 1.82) is 0 Å². The molecule has 1 heterocycles. The summed E-state index contributed by atoms with van der Waals surface area (Å²) in [5.74, 6) is 6.96. The second kappa shape index (κ2) is 7.21. The third-order valence-corrected chi connectivity index (χ3v) is 5.09. The summed E-state index contributed by atoms with van der Waals surface area (Å²) in [5, 5.41) is 4.94. The molecule has 1 aromatic heterocycles. The van der Waals surface area contributed by atoms with Gasteiger partial charge in [-0.2, -0.15) is 11.8 Å². The van der Waals surface area contributed by atoms with Crippen molar-refractivity contribution in [3.05, 3.63) is 6.07 Å². The van der Waals surface area contributed by atoms with Crippen LogP contribution in [0.3, 0.4) is 0 Å². The molecule has 1 saturated carbocycles. The highest BCUT2D eigenvalue weighted by Crippen LogP contribution is 2.29. The van der Waals surface area contributed by atoms with Gasteiger partial charge in [-0.1, -0.05) is 24.6 Å². The molecular formula is C12H21N5S2. The van der Waals surface area contributed by atoms with Gasteiger partial charge in [0.15, 0.2) is 5.16 Å². The number of aromatic nitrogens is 2. The average Bonchev–Trinajstić information content (AvgIpc) is 2.47. The molecule has 106 valence electrons. The molecule has 0 spiro atoms. The highest BCUT2D eigenvalue weighted by molar-refractivity contribution is 7.99. The van der Waals surface area contributed by atoms with E-state index in [0.717, 1.165) is 11.0 Å². The second-order valence-electron chi connectivity index (χ2n) is 4.58. The van der Waals surface area contributed by atoms with E-state index >= 15 is 0 Å². The molecule has 4 N–H and O–H groups in total. The van der Waals surface area contributed by atoms with Gasteiger partial charge in [-0.3, -0.25) is 0 Å². The summed E-state index contributed by atoms with van der Waals surface area (Å²) in [6, 6.07) is 2.35. The van der Waals surface area contributed by atoms with Gasteiger partial charge in [-0.25, -0.2) is 15.8 Å². The van der Waals surface area contributed by atoms with Gasteiger partial charge in [0.25, 0.3) is 0 Å². The van der Waals surface area contributed by atoms with Crippen molar-refractivity contribution in [2.75, 3.05) is 23.3 Å². The van der Waals surface area contributed by atoms with Crippen molar-refractivity contribution >= 4 is 35.2 Å². The lowest BCUT2D eigenvalue weighted by Gasteiger charge is -2.31. The van der Waals surface area contributed by atoms with Crippen molar-refractivity contribution in [2.45, 2.75) is 42.1 Å². The van der Waals surface area contributed by atoms with E-state index in [0.29, 0.717) is 17.1 Å². The number of anilines is 2. The Morgan fingerprint density at radius 3 is 2.63 bits per heavy atom. The topological polar surface area (TPSA) is 75.9 Å². The highest BCUT2D eigenvalue weighted by atomic mass is 32.2. The molecule has 0 aromatic carbocycles. The molecule has 2 unspecified atom stereocenters. The Bertz CT molecular complexity index is 393. The zero-order valence-corrected chi connectivity index (χ0v) is 13.0. The van der Waals surface area contributed by atoms with E-state index in [4.69, 9.17) is 5.84 Å². The van der Waals surface area contributed by atoms with Crippen LogP contribution in [-0.2, 0) is 0 Å². The monoisotopic (exact) mass is 299 g/mol. The lowest BCUT2D eigenvalue weighted by Crippen LogP contribution is -2.34. The largest absolute Gasteiger partial charge is 0.366 e. The number of hydrogen-bond donors (Lipinski definition) is 3. The molecule has 0 bridgehead atoms. The van der Waals surface area contributed by atoms with Crippen molar-refractivity contribution in [3.8, 4) is 0 Å². The minimum atomic E-state index is 0.485. The predicted molar refractivity (Wildman–Crippen MR) is 84.8 cm³/mol. The van der Waals surface area contributed by atoms with Gasteiger partial charge in [0, 0.05) is 17.4 Å². The molecule has 0 amide bonds. The quantitative estimate of drug-likeness (QED) is 0.334. The van der Waals surface area contributed by atoms with Crippen molar-refractivity contribution in [1.82, 2.24) is 9.97 Å². The average molecular weight is 299 g/mol. The summed E-state index contributed by atoms with van der Waals surface area (Å²) in [6.07, 6.45) is 9.25. The molecule has 7 heteroatoms. The summed E-state index contributed by atoms with van der Waals surface area (Å²) in [7, 11) is 0. The fourth-order valence-corrected chi connectivity index (χ4v) is 3.71. The fourth-order valence-electron chi connectivity index (χ4n) is 2.40. The Balaban J connectivity index is 2.12. The summed E-state index contributed by atoms with van der Waals surface area (Å²) in [5.41, 5.74) is 2.59. The van der Waals surface area contributed by atoms with Gasteiger partial charge >= 0.3 is 0 Å². The molecule has 1 aliphatic carbocycles. The first-order valence-corrected chi connectivity index (χ1v) is 8.97. The Morgan fingerprint density at radius 2 is 1.95 bits per heavy atom. The van der Waals surface area contributed by atoms with E-state index in [9.17, 15) is 0 Å². The molecule has 5 nitrogen and oxygen atoms in total. The fraction of sp³-hybridized carbons (Fsp3) is 0.667. The molecule has 0 saturated heterocycles. The van der Waals surface area contributed by atoms with Crippen LogP contribution in [-0.4, -0.2) is 33.8 Å². The number of hydrazine groups is 1. The maximum Gasteiger partial charge on any atom is 0.191 e. The van der Waals surface area contributed by atoms with Crippen LogP contribution in [0.5, 0.6) is 0 Å². The Kier molecular flexibility index (Phi) is 5.59. The van der Waals surface area contributed by atoms with E-state index in [-0.39, 0.29) is 0 Å².